The maximum absolute atomic E-state index is 2.21. The summed E-state index contributed by atoms with van der Waals surface area (Å²) in [5, 5.41) is 0. The molecule has 0 radical (unpaired) electrons. The SMILES string of the molecule is CC(C)n1cc[n+](C(C)C)c1.[OH-]. The van der Waals surface area contributed by atoms with Gasteiger partial charge in [0.2, 0.25) is 6.33 Å². The first-order chi connectivity index (χ1) is 5.11. The van der Waals surface area contributed by atoms with Gasteiger partial charge in [-0.3, -0.25) is 0 Å². The molecule has 0 aliphatic rings. The van der Waals surface area contributed by atoms with Crippen molar-refractivity contribution in [3.63, 3.8) is 0 Å². The summed E-state index contributed by atoms with van der Waals surface area (Å²) in [6, 6.07) is 1.13. The van der Waals surface area contributed by atoms with Gasteiger partial charge in [-0.25, -0.2) is 9.13 Å². The molecule has 3 heteroatoms. The topological polar surface area (TPSA) is 38.8 Å². The quantitative estimate of drug-likeness (QED) is 0.623. The molecule has 0 aliphatic heterocycles. The largest absolute Gasteiger partial charge is 0.870 e. The second-order valence-electron chi connectivity index (χ2n) is 3.50. The van der Waals surface area contributed by atoms with Crippen molar-refractivity contribution in [3.05, 3.63) is 18.7 Å². The van der Waals surface area contributed by atoms with E-state index in [4.69, 9.17) is 0 Å². The minimum atomic E-state index is 0. The average Bonchev–Trinajstić information content (AvgIpc) is 2.33. The van der Waals surface area contributed by atoms with Crippen molar-refractivity contribution in [3.8, 4) is 0 Å². The van der Waals surface area contributed by atoms with Gasteiger partial charge in [0.05, 0.1) is 12.1 Å². The highest BCUT2D eigenvalue weighted by atomic mass is 16.0. The van der Waals surface area contributed by atoms with Crippen molar-refractivity contribution in [2.75, 3.05) is 0 Å². The lowest BCUT2D eigenvalue weighted by Gasteiger charge is -1.99. The third-order valence-electron chi connectivity index (χ3n) is 1.87. The highest BCUT2D eigenvalue weighted by Crippen LogP contribution is 2.01. The maximum atomic E-state index is 2.21. The molecule has 0 amide bonds. The Labute approximate surface area is 74.0 Å². The molecular formula is C9H18N2O. The van der Waals surface area contributed by atoms with Gasteiger partial charge in [-0.05, 0) is 27.7 Å². The molecule has 1 aromatic rings. The zero-order valence-electron chi connectivity index (χ0n) is 8.23. The Balaban J connectivity index is 0.00000121. The van der Waals surface area contributed by atoms with Crippen LogP contribution in [0.25, 0.3) is 0 Å². The molecule has 1 rings (SSSR count). The summed E-state index contributed by atoms with van der Waals surface area (Å²) in [5.41, 5.74) is 0. The predicted octanol–water partition coefficient (Wildman–Crippen LogP) is 1.76. The summed E-state index contributed by atoms with van der Waals surface area (Å²) in [6.45, 7) is 8.74. The van der Waals surface area contributed by atoms with Gasteiger partial charge in [-0.1, -0.05) is 0 Å². The molecule has 70 valence electrons. The summed E-state index contributed by atoms with van der Waals surface area (Å²) >= 11 is 0. The van der Waals surface area contributed by atoms with Crippen molar-refractivity contribution < 1.29 is 10.0 Å². The Kier molecular flexibility index (Phi) is 3.96. The highest BCUT2D eigenvalue weighted by Gasteiger charge is 2.08. The van der Waals surface area contributed by atoms with Crippen LogP contribution in [0.15, 0.2) is 18.7 Å². The minimum Gasteiger partial charge on any atom is -0.870 e. The first kappa shape index (κ1) is 11.2. The van der Waals surface area contributed by atoms with Gasteiger partial charge in [-0.15, -0.1) is 0 Å². The lowest BCUT2D eigenvalue weighted by atomic mass is 10.4. The second kappa shape index (κ2) is 4.26. The van der Waals surface area contributed by atoms with Gasteiger partial charge in [0.15, 0.2) is 0 Å². The zero-order valence-corrected chi connectivity index (χ0v) is 8.23. The van der Waals surface area contributed by atoms with Gasteiger partial charge in [0.25, 0.3) is 0 Å². The lowest BCUT2D eigenvalue weighted by Crippen LogP contribution is -2.33. The Morgan fingerprint density at radius 3 is 2.00 bits per heavy atom. The van der Waals surface area contributed by atoms with Crippen LogP contribution in [-0.2, 0) is 0 Å². The number of imidazole rings is 1. The Morgan fingerprint density at radius 2 is 1.75 bits per heavy atom. The molecule has 0 aromatic carbocycles. The molecule has 0 aliphatic carbocycles. The first-order valence-electron chi connectivity index (χ1n) is 4.19. The van der Waals surface area contributed by atoms with Crippen LogP contribution in [0.1, 0.15) is 39.8 Å². The molecular weight excluding hydrogens is 152 g/mol. The van der Waals surface area contributed by atoms with Crippen molar-refractivity contribution >= 4 is 0 Å². The Morgan fingerprint density at radius 1 is 1.17 bits per heavy atom. The standard InChI is InChI=1S/C9H17N2.H2O/c1-8(2)10-5-6-11(7-10)9(3)4;/h5-9H,1-4H3;1H2/q+1;/p-1. The molecule has 0 spiro atoms. The summed E-state index contributed by atoms with van der Waals surface area (Å²) < 4.78 is 4.42. The number of aromatic nitrogens is 2. The van der Waals surface area contributed by atoms with Gasteiger partial charge in [-0.2, -0.15) is 0 Å². The molecule has 1 heterocycles. The van der Waals surface area contributed by atoms with Crippen LogP contribution in [0.4, 0.5) is 0 Å². The van der Waals surface area contributed by atoms with E-state index in [1.165, 1.54) is 0 Å². The molecule has 3 nitrogen and oxygen atoms in total. The van der Waals surface area contributed by atoms with Gasteiger partial charge < -0.3 is 5.48 Å². The van der Waals surface area contributed by atoms with Crippen molar-refractivity contribution in [1.29, 1.82) is 0 Å². The van der Waals surface area contributed by atoms with Gasteiger partial charge in [0, 0.05) is 0 Å². The maximum Gasteiger partial charge on any atom is 0.244 e. The van der Waals surface area contributed by atoms with Crippen LogP contribution in [0.3, 0.4) is 0 Å². The Hall–Kier alpha value is -0.830. The smallest absolute Gasteiger partial charge is 0.244 e. The average molecular weight is 170 g/mol. The van der Waals surface area contributed by atoms with E-state index in [9.17, 15) is 0 Å². The van der Waals surface area contributed by atoms with E-state index in [-0.39, 0.29) is 5.48 Å². The molecule has 0 fully saturated rings. The summed E-state index contributed by atoms with van der Waals surface area (Å²) in [5.74, 6) is 0. The third-order valence-corrected chi connectivity index (χ3v) is 1.87. The van der Waals surface area contributed by atoms with Crippen LogP contribution < -0.4 is 4.57 Å². The van der Waals surface area contributed by atoms with Crippen molar-refractivity contribution in [1.82, 2.24) is 4.57 Å². The second-order valence-corrected chi connectivity index (χ2v) is 3.50. The molecule has 1 aromatic heterocycles. The van der Waals surface area contributed by atoms with E-state index in [0.717, 1.165) is 0 Å². The van der Waals surface area contributed by atoms with E-state index in [2.05, 4.69) is 55.6 Å². The lowest BCUT2D eigenvalue weighted by molar-refractivity contribution is -0.715. The molecule has 0 unspecified atom stereocenters. The van der Waals surface area contributed by atoms with Crippen LogP contribution in [0.2, 0.25) is 0 Å². The highest BCUT2D eigenvalue weighted by molar-refractivity contribution is 4.70. The fourth-order valence-corrected chi connectivity index (χ4v) is 0.996. The van der Waals surface area contributed by atoms with Gasteiger partial charge >= 0.3 is 0 Å². The van der Waals surface area contributed by atoms with Crippen LogP contribution in [0, 0.1) is 0 Å². The predicted molar refractivity (Wildman–Crippen MR) is 47.3 cm³/mol. The molecule has 0 saturated heterocycles. The molecule has 0 bridgehead atoms. The zero-order chi connectivity index (χ0) is 8.43. The monoisotopic (exact) mass is 170 g/mol. The van der Waals surface area contributed by atoms with Crippen LogP contribution in [-0.4, -0.2) is 10.0 Å². The molecule has 1 N–H and O–H groups in total. The van der Waals surface area contributed by atoms with E-state index < -0.39 is 0 Å². The van der Waals surface area contributed by atoms with E-state index >= 15 is 0 Å². The normalized spacial score (nSPS) is 10.5. The number of rotatable bonds is 2. The van der Waals surface area contributed by atoms with Crippen molar-refractivity contribution in [2.24, 2.45) is 0 Å². The number of hydrogen-bond donors (Lipinski definition) is 0. The molecule has 0 saturated carbocycles. The fourth-order valence-electron chi connectivity index (χ4n) is 0.996. The first-order valence-corrected chi connectivity index (χ1v) is 4.19. The van der Waals surface area contributed by atoms with Gasteiger partial charge in [0.1, 0.15) is 12.4 Å². The minimum absolute atomic E-state index is 0. The van der Waals surface area contributed by atoms with Crippen LogP contribution >= 0.6 is 0 Å². The van der Waals surface area contributed by atoms with E-state index in [1.54, 1.807) is 0 Å². The molecule has 0 atom stereocenters. The fraction of sp³-hybridized carbons (Fsp3) is 0.667. The van der Waals surface area contributed by atoms with E-state index in [0.29, 0.717) is 12.1 Å². The summed E-state index contributed by atoms with van der Waals surface area (Å²) in [6.07, 6.45) is 6.38. The number of hydrogen-bond acceptors (Lipinski definition) is 1. The summed E-state index contributed by atoms with van der Waals surface area (Å²) in [4.78, 5) is 0. The van der Waals surface area contributed by atoms with Crippen LogP contribution in [0.5, 0.6) is 0 Å². The molecule has 12 heavy (non-hydrogen) atoms. The van der Waals surface area contributed by atoms with Crippen molar-refractivity contribution in [2.45, 2.75) is 39.8 Å². The Bertz CT molecular complexity index is 206. The van der Waals surface area contributed by atoms with E-state index in [1.807, 2.05) is 0 Å². The number of nitrogens with zero attached hydrogens (tertiary/aromatic N) is 2. The third kappa shape index (κ3) is 2.34. The summed E-state index contributed by atoms with van der Waals surface area (Å²) in [7, 11) is 0.